The van der Waals surface area contributed by atoms with Gasteiger partial charge in [0.25, 0.3) is 0 Å². The highest BCUT2D eigenvalue weighted by Gasteiger charge is 2.24. The fourth-order valence-corrected chi connectivity index (χ4v) is 2.42. The van der Waals surface area contributed by atoms with Crippen LogP contribution in [0.2, 0.25) is 0 Å². The lowest BCUT2D eigenvalue weighted by molar-refractivity contribution is -0.120. The molecule has 0 aliphatic carbocycles. The molecule has 0 saturated carbocycles. The van der Waals surface area contributed by atoms with Gasteiger partial charge in [-0.2, -0.15) is 0 Å². The van der Waals surface area contributed by atoms with E-state index in [1.165, 1.54) is 5.56 Å². The molecule has 1 amide bonds. The van der Waals surface area contributed by atoms with Gasteiger partial charge in [-0.3, -0.25) is 4.79 Å². The summed E-state index contributed by atoms with van der Waals surface area (Å²) in [7, 11) is 0. The molecule has 1 saturated heterocycles. The number of aryl methyl sites for hydroxylation is 1. The van der Waals surface area contributed by atoms with Crippen molar-refractivity contribution in [3.8, 4) is 0 Å². The lowest BCUT2D eigenvalue weighted by Crippen LogP contribution is -2.40. The molecule has 2 rings (SSSR count). The van der Waals surface area contributed by atoms with Gasteiger partial charge in [-0.15, -0.1) is 0 Å². The van der Waals surface area contributed by atoms with Crippen LogP contribution in [0.5, 0.6) is 0 Å². The zero-order chi connectivity index (χ0) is 13.0. The molecule has 1 aliphatic rings. The number of nitrogens with one attached hydrogen (secondary N) is 2. The fraction of sp³-hybridized carbons (Fsp3) is 0.533. The first-order chi connectivity index (χ1) is 8.69. The lowest BCUT2D eigenvalue weighted by atomic mass is 9.91. The maximum Gasteiger partial charge on any atom is 0.228 e. The van der Waals surface area contributed by atoms with Crippen LogP contribution in [0.25, 0.3) is 0 Å². The lowest BCUT2D eigenvalue weighted by Gasteiger charge is -2.26. The second-order valence-corrected chi connectivity index (χ2v) is 5.24. The third-order valence-corrected chi connectivity index (χ3v) is 3.57. The number of piperidine rings is 1. The Kier molecular flexibility index (Phi) is 4.37. The van der Waals surface area contributed by atoms with Crippen LogP contribution in [-0.2, 0) is 11.2 Å². The van der Waals surface area contributed by atoms with Crippen LogP contribution in [0.3, 0.4) is 0 Å². The van der Waals surface area contributed by atoms with E-state index in [2.05, 4.69) is 36.6 Å². The number of carbonyl (C=O) groups is 1. The molecule has 1 aromatic rings. The molecule has 0 bridgehead atoms. The predicted molar refractivity (Wildman–Crippen MR) is 74.6 cm³/mol. The van der Waals surface area contributed by atoms with E-state index >= 15 is 0 Å². The zero-order valence-corrected chi connectivity index (χ0v) is 11.2. The smallest absolute Gasteiger partial charge is 0.228 e. The van der Waals surface area contributed by atoms with Gasteiger partial charge in [-0.1, -0.05) is 26.0 Å². The second-order valence-electron chi connectivity index (χ2n) is 5.24. The number of hydrogen-bond acceptors (Lipinski definition) is 2. The largest absolute Gasteiger partial charge is 0.326 e. The molecule has 1 heterocycles. The van der Waals surface area contributed by atoms with Crippen LogP contribution in [-0.4, -0.2) is 19.0 Å². The maximum absolute atomic E-state index is 12.1. The van der Waals surface area contributed by atoms with Crippen molar-refractivity contribution in [2.24, 2.45) is 11.8 Å². The van der Waals surface area contributed by atoms with E-state index in [0.29, 0.717) is 5.92 Å². The van der Waals surface area contributed by atoms with Crippen LogP contribution in [0.15, 0.2) is 24.3 Å². The highest BCUT2D eigenvalue weighted by atomic mass is 16.1. The minimum Gasteiger partial charge on any atom is -0.326 e. The molecule has 0 spiro atoms. The van der Waals surface area contributed by atoms with Crippen molar-refractivity contribution < 1.29 is 4.79 Å². The van der Waals surface area contributed by atoms with E-state index in [9.17, 15) is 4.79 Å². The van der Waals surface area contributed by atoms with Crippen molar-refractivity contribution in [2.45, 2.75) is 26.7 Å². The molecule has 1 aliphatic heterocycles. The minimum absolute atomic E-state index is 0.0969. The average molecular weight is 246 g/mol. The second kappa shape index (κ2) is 6.01. The SMILES string of the molecule is CCc1ccc(NC(=O)C2CNCC(C)C2)cc1. The normalized spacial score (nSPS) is 23.7. The van der Waals surface area contributed by atoms with Crippen LogP contribution >= 0.6 is 0 Å². The Labute approximate surface area is 109 Å². The molecule has 1 aromatic carbocycles. The molecular formula is C15H22N2O. The topological polar surface area (TPSA) is 41.1 Å². The molecule has 2 atom stereocenters. The van der Waals surface area contributed by atoms with Gasteiger partial charge in [0.1, 0.15) is 0 Å². The number of rotatable bonds is 3. The summed E-state index contributed by atoms with van der Waals surface area (Å²) in [6.07, 6.45) is 2.00. The van der Waals surface area contributed by atoms with E-state index < -0.39 is 0 Å². The van der Waals surface area contributed by atoms with Crippen molar-refractivity contribution in [3.63, 3.8) is 0 Å². The Hall–Kier alpha value is -1.35. The Balaban J connectivity index is 1.93. The summed E-state index contributed by atoms with van der Waals surface area (Å²) in [6.45, 7) is 6.13. The standard InChI is InChI=1S/C15H22N2O/c1-3-12-4-6-14(7-5-12)17-15(18)13-8-11(2)9-16-10-13/h4-7,11,13,16H,3,8-10H2,1-2H3,(H,17,18). The van der Waals surface area contributed by atoms with Gasteiger partial charge >= 0.3 is 0 Å². The average Bonchev–Trinajstić information content (AvgIpc) is 2.39. The highest BCUT2D eigenvalue weighted by molar-refractivity contribution is 5.92. The van der Waals surface area contributed by atoms with Crippen LogP contribution in [0.1, 0.15) is 25.8 Å². The van der Waals surface area contributed by atoms with Crippen molar-refractivity contribution >= 4 is 11.6 Å². The molecular weight excluding hydrogens is 224 g/mol. The van der Waals surface area contributed by atoms with Crippen molar-refractivity contribution in [3.05, 3.63) is 29.8 Å². The van der Waals surface area contributed by atoms with E-state index in [1.54, 1.807) is 0 Å². The molecule has 2 N–H and O–H groups in total. The van der Waals surface area contributed by atoms with Gasteiger partial charge in [0.2, 0.25) is 5.91 Å². The van der Waals surface area contributed by atoms with Gasteiger partial charge in [0.05, 0.1) is 5.92 Å². The van der Waals surface area contributed by atoms with Gasteiger partial charge in [-0.05, 0) is 43.0 Å². The van der Waals surface area contributed by atoms with E-state index in [0.717, 1.165) is 31.6 Å². The maximum atomic E-state index is 12.1. The first kappa shape index (κ1) is 13.1. The van der Waals surface area contributed by atoms with Crippen LogP contribution in [0, 0.1) is 11.8 Å². The van der Waals surface area contributed by atoms with Crippen LogP contribution in [0.4, 0.5) is 5.69 Å². The summed E-state index contributed by atoms with van der Waals surface area (Å²) in [6, 6.07) is 8.10. The third kappa shape index (κ3) is 3.33. The summed E-state index contributed by atoms with van der Waals surface area (Å²) in [4.78, 5) is 12.1. The molecule has 3 heteroatoms. The molecule has 1 fully saturated rings. The van der Waals surface area contributed by atoms with Crippen molar-refractivity contribution in [2.75, 3.05) is 18.4 Å². The fourth-order valence-electron chi connectivity index (χ4n) is 2.42. The van der Waals surface area contributed by atoms with Gasteiger partial charge in [0.15, 0.2) is 0 Å². The summed E-state index contributed by atoms with van der Waals surface area (Å²) in [5.41, 5.74) is 2.19. The Morgan fingerprint density at radius 3 is 2.67 bits per heavy atom. The first-order valence-electron chi connectivity index (χ1n) is 6.79. The summed E-state index contributed by atoms with van der Waals surface area (Å²) in [5.74, 6) is 0.815. The zero-order valence-electron chi connectivity index (χ0n) is 11.2. The number of benzene rings is 1. The predicted octanol–water partition coefficient (Wildman–Crippen LogP) is 2.43. The molecule has 0 radical (unpaired) electrons. The minimum atomic E-state index is 0.0969. The van der Waals surface area contributed by atoms with E-state index in [1.807, 2.05) is 12.1 Å². The highest BCUT2D eigenvalue weighted by Crippen LogP contribution is 2.18. The van der Waals surface area contributed by atoms with Crippen molar-refractivity contribution in [1.29, 1.82) is 0 Å². The molecule has 18 heavy (non-hydrogen) atoms. The Bertz CT molecular complexity index is 399. The Morgan fingerprint density at radius 1 is 1.33 bits per heavy atom. The first-order valence-corrected chi connectivity index (χ1v) is 6.79. The molecule has 3 nitrogen and oxygen atoms in total. The number of carbonyl (C=O) groups excluding carboxylic acids is 1. The molecule has 2 unspecified atom stereocenters. The number of hydrogen-bond donors (Lipinski definition) is 2. The number of amides is 1. The van der Waals surface area contributed by atoms with Gasteiger partial charge in [-0.25, -0.2) is 0 Å². The molecule has 0 aromatic heterocycles. The third-order valence-electron chi connectivity index (χ3n) is 3.57. The Morgan fingerprint density at radius 2 is 2.06 bits per heavy atom. The van der Waals surface area contributed by atoms with Crippen LogP contribution < -0.4 is 10.6 Å². The van der Waals surface area contributed by atoms with E-state index in [4.69, 9.17) is 0 Å². The monoisotopic (exact) mass is 246 g/mol. The van der Waals surface area contributed by atoms with Gasteiger partial charge in [0, 0.05) is 12.2 Å². The summed E-state index contributed by atoms with van der Waals surface area (Å²) in [5, 5.41) is 6.31. The van der Waals surface area contributed by atoms with E-state index in [-0.39, 0.29) is 11.8 Å². The van der Waals surface area contributed by atoms with Gasteiger partial charge < -0.3 is 10.6 Å². The molecule has 98 valence electrons. The summed E-state index contributed by atoms with van der Waals surface area (Å²) < 4.78 is 0. The number of anilines is 1. The quantitative estimate of drug-likeness (QED) is 0.860. The summed E-state index contributed by atoms with van der Waals surface area (Å²) >= 11 is 0. The van der Waals surface area contributed by atoms with Crippen molar-refractivity contribution in [1.82, 2.24) is 5.32 Å².